The van der Waals surface area contributed by atoms with Crippen LogP contribution in [0.5, 0.6) is 5.75 Å². The van der Waals surface area contributed by atoms with E-state index in [4.69, 9.17) is 6.42 Å². The van der Waals surface area contributed by atoms with Gasteiger partial charge >= 0.3 is 0 Å². The SMILES string of the molecule is C#Cc1cccc(Br)c1O. The lowest BCUT2D eigenvalue weighted by Crippen LogP contribution is -1.75. The molecular formula is C8H5BrO. The summed E-state index contributed by atoms with van der Waals surface area (Å²) in [4.78, 5) is 0. The minimum atomic E-state index is 0.130. The molecule has 0 fully saturated rings. The Kier molecular flexibility index (Phi) is 1.98. The van der Waals surface area contributed by atoms with Gasteiger partial charge in [-0.25, -0.2) is 0 Å². The third-order valence-corrected chi connectivity index (χ3v) is 1.78. The number of phenols is 1. The van der Waals surface area contributed by atoms with Gasteiger partial charge in [0, 0.05) is 0 Å². The van der Waals surface area contributed by atoms with Gasteiger partial charge in [0.25, 0.3) is 0 Å². The first-order valence-corrected chi connectivity index (χ1v) is 3.49. The molecule has 0 heterocycles. The summed E-state index contributed by atoms with van der Waals surface area (Å²) in [5.74, 6) is 2.49. The highest BCUT2D eigenvalue weighted by Crippen LogP contribution is 2.26. The van der Waals surface area contributed by atoms with E-state index < -0.39 is 0 Å². The number of halogens is 1. The zero-order valence-corrected chi connectivity index (χ0v) is 6.72. The van der Waals surface area contributed by atoms with Crippen molar-refractivity contribution in [1.29, 1.82) is 0 Å². The summed E-state index contributed by atoms with van der Waals surface area (Å²) >= 11 is 3.14. The third kappa shape index (κ3) is 1.14. The minimum Gasteiger partial charge on any atom is -0.505 e. The first-order chi connectivity index (χ1) is 4.75. The number of para-hydroxylation sites is 1. The Balaban J connectivity index is 3.31. The van der Waals surface area contributed by atoms with Crippen molar-refractivity contribution in [3.05, 3.63) is 28.2 Å². The number of aromatic hydroxyl groups is 1. The Morgan fingerprint density at radius 3 is 2.70 bits per heavy atom. The van der Waals surface area contributed by atoms with Crippen molar-refractivity contribution in [1.82, 2.24) is 0 Å². The van der Waals surface area contributed by atoms with Gasteiger partial charge < -0.3 is 5.11 Å². The van der Waals surface area contributed by atoms with Crippen molar-refractivity contribution < 1.29 is 5.11 Å². The molecule has 0 radical (unpaired) electrons. The maximum Gasteiger partial charge on any atom is 0.145 e. The maximum atomic E-state index is 9.21. The summed E-state index contributed by atoms with van der Waals surface area (Å²) in [6.45, 7) is 0. The molecule has 0 aliphatic heterocycles. The zero-order valence-electron chi connectivity index (χ0n) is 5.13. The molecule has 0 aliphatic carbocycles. The number of hydrogen-bond acceptors (Lipinski definition) is 1. The topological polar surface area (TPSA) is 20.2 Å². The van der Waals surface area contributed by atoms with Crippen LogP contribution in [-0.2, 0) is 0 Å². The van der Waals surface area contributed by atoms with Gasteiger partial charge in [0.1, 0.15) is 5.75 Å². The van der Waals surface area contributed by atoms with E-state index in [1.807, 2.05) is 0 Å². The number of rotatable bonds is 0. The van der Waals surface area contributed by atoms with Crippen molar-refractivity contribution in [2.24, 2.45) is 0 Å². The maximum absolute atomic E-state index is 9.21. The first kappa shape index (κ1) is 7.17. The molecule has 2 heteroatoms. The van der Waals surface area contributed by atoms with Crippen molar-refractivity contribution >= 4 is 15.9 Å². The minimum absolute atomic E-state index is 0.130. The molecule has 1 N–H and O–H groups in total. The number of hydrogen-bond donors (Lipinski definition) is 1. The molecule has 0 atom stereocenters. The molecule has 0 unspecified atom stereocenters. The van der Waals surface area contributed by atoms with Gasteiger partial charge in [-0.1, -0.05) is 12.0 Å². The van der Waals surface area contributed by atoms with E-state index in [0.29, 0.717) is 10.0 Å². The van der Waals surface area contributed by atoms with Crippen LogP contribution in [0.25, 0.3) is 0 Å². The second kappa shape index (κ2) is 2.76. The fourth-order valence-electron chi connectivity index (χ4n) is 0.632. The summed E-state index contributed by atoms with van der Waals surface area (Å²) in [7, 11) is 0. The Bertz CT molecular complexity index is 286. The molecule has 0 spiro atoms. The quantitative estimate of drug-likeness (QED) is 0.631. The average Bonchev–Trinajstić information content (AvgIpc) is 1.95. The summed E-state index contributed by atoms with van der Waals surface area (Å²) in [6, 6.07) is 5.19. The summed E-state index contributed by atoms with van der Waals surface area (Å²) in [5.41, 5.74) is 0.509. The van der Waals surface area contributed by atoms with Crippen LogP contribution in [0.3, 0.4) is 0 Å². The molecule has 1 nitrogen and oxygen atoms in total. The van der Waals surface area contributed by atoms with Crippen LogP contribution in [-0.4, -0.2) is 5.11 Å². The fourth-order valence-corrected chi connectivity index (χ4v) is 0.998. The van der Waals surface area contributed by atoms with E-state index in [1.165, 1.54) is 0 Å². The van der Waals surface area contributed by atoms with Gasteiger partial charge in [-0.15, -0.1) is 6.42 Å². The zero-order chi connectivity index (χ0) is 7.56. The van der Waals surface area contributed by atoms with Crippen LogP contribution < -0.4 is 0 Å². The van der Waals surface area contributed by atoms with Crippen LogP contribution in [0, 0.1) is 12.3 Å². The number of benzene rings is 1. The van der Waals surface area contributed by atoms with Gasteiger partial charge in [-0.05, 0) is 28.1 Å². The van der Waals surface area contributed by atoms with E-state index >= 15 is 0 Å². The van der Waals surface area contributed by atoms with Gasteiger partial charge in [-0.2, -0.15) is 0 Å². The average molecular weight is 197 g/mol. The molecule has 0 amide bonds. The molecule has 50 valence electrons. The largest absolute Gasteiger partial charge is 0.505 e. The lowest BCUT2D eigenvalue weighted by Gasteiger charge is -1.97. The lowest BCUT2D eigenvalue weighted by molar-refractivity contribution is 0.470. The molecule has 10 heavy (non-hydrogen) atoms. The molecule has 0 aromatic heterocycles. The fraction of sp³-hybridized carbons (Fsp3) is 0. The van der Waals surface area contributed by atoms with E-state index in [9.17, 15) is 5.11 Å². The first-order valence-electron chi connectivity index (χ1n) is 2.70. The van der Waals surface area contributed by atoms with E-state index in [-0.39, 0.29) is 5.75 Å². The molecular weight excluding hydrogens is 192 g/mol. The van der Waals surface area contributed by atoms with E-state index in [0.717, 1.165) is 0 Å². The van der Waals surface area contributed by atoms with Crippen molar-refractivity contribution in [3.8, 4) is 18.1 Å². The number of terminal acetylenes is 1. The molecule has 1 aromatic rings. The number of phenolic OH excluding ortho intramolecular Hbond substituents is 1. The standard InChI is InChI=1S/C8H5BrO/c1-2-6-4-3-5-7(9)8(6)10/h1,3-5,10H. The van der Waals surface area contributed by atoms with E-state index in [2.05, 4.69) is 21.9 Å². The summed E-state index contributed by atoms with van der Waals surface area (Å²) in [6.07, 6.45) is 5.09. The Morgan fingerprint density at radius 2 is 2.20 bits per heavy atom. The van der Waals surface area contributed by atoms with Crippen molar-refractivity contribution in [2.45, 2.75) is 0 Å². The molecule has 0 aliphatic rings. The highest BCUT2D eigenvalue weighted by molar-refractivity contribution is 9.10. The molecule has 1 aromatic carbocycles. The van der Waals surface area contributed by atoms with Gasteiger partial charge in [-0.3, -0.25) is 0 Å². The van der Waals surface area contributed by atoms with E-state index in [1.54, 1.807) is 18.2 Å². The highest BCUT2D eigenvalue weighted by atomic mass is 79.9. The molecule has 1 rings (SSSR count). The third-order valence-electron chi connectivity index (χ3n) is 1.14. The predicted molar refractivity (Wildman–Crippen MR) is 43.7 cm³/mol. The van der Waals surface area contributed by atoms with Crippen LogP contribution in [0.4, 0.5) is 0 Å². The lowest BCUT2D eigenvalue weighted by atomic mass is 10.2. The molecule has 0 saturated heterocycles. The summed E-state index contributed by atoms with van der Waals surface area (Å²) in [5, 5.41) is 9.21. The summed E-state index contributed by atoms with van der Waals surface area (Å²) < 4.78 is 0.628. The van der Waals surface area contributed by atoms with Crippen LogP contribution in [0.1, 0.15) is 5.56 Å². The van der Waals surface area contributed by atoms with Crippen LogP contribution >= 0.6 is 15.9 Å². The van der Waals surface area contributed by atoms with Crippen molar-refractivity contribution in [3.63, 3.8) is 0 Å². The van der Waals surface area contributed by atoms with Gasteiger partial charge in [0.2, 0.25) is 0 Å². The van der Waals surface area contributed by atoms with Gasteiger partial charge in [0.15, 0.2) is 0 Å². The predicted octanol–water partition coefficient (Wildman–Crippen LogP) is 2.14. The normalized spacial score (nSPS) is 8.80. The monoisotopic (exact) mass is 196 g/mol. The van der Waals surface area contributed by atoms with Gasteiger partial charge in [0.05, 0.1) is 10.0 Å². The van der Waals surface area contributed by atoms with Crippen LogP contribution in [0.2, 0.25) is 0 Å². The van der Waals surface area contributed by atoms with Crippen LogP contribution in [0.15, 0.2) is 22.7 Å². The Labute approximate surface area is 67.8 Å². The highest BCUT2D eigenvalue weighted by Gasteiger charge is 1.99. The molecule has 0 saturated carbocycles. The molecule has 0 bridgehead atoms. The Morgan fingerprint density at radius 1 is 1.50 bits per heavy atom. The second-order valence-electron chi connectivity index (χ2n) is 1.78. The van der Waals surface area contributed by atoms with Crippen molar-refractivity contribution in [2.75, 3.05) is 0 Å². The Hall–Kier alpha value is -0.940. The smallest absolute Gasteiger partial charge is 0.145 e. The second-order valence-corrected chi connectivity index (χ2v) is 2.63.